The largest absolute Gasteiger partial charge is 0.311 e. The van der Waals surface area contributed by atoms with Gasteiger partial charge in [-0.3, -0.25) is 8.74 Å². The lowest BCUT2D eigenvalue weighted by Gasteiger charge is -2.25. The maximum Gasteiger partial charge on any atom is 0.269 e. The molecule has 158 valence electrons. The van der Waals surface area contributed by atoms with Crippen molar-refractivity contribution in [1.29, 1.82) is 0 Å². The fourth-order valence-electron chi connectivity index (χ4n) is 2.89. The number of para-hydroxylation sites is 1. The van der Waals surface area contributed by atoms with E-state index in [0.29, 0.717) is 11.1 Å². The molecule has 0 bridgehead atoms. The topological polar surface area (TPSA) is 101 Å². The lowest BCUT2D eigenvalue weighted by atomic mass is 10.1. The molecule has 7 nitrogen and oxygen atoms in total. The highest BCUT2D eigenvalue weighted by Gasteiger charge is 2.14. The van der Waals surface area contributed by atoms with Crippen molar-refractivity contribution < 1.29 is 25.6 Å². The Kier molecular flexibility index (Phi) is 6.57. The number of nitrogens with zero attached hydrogens (tertiary/aromatic N) is 1. The molecule has 3 aromatic rings. The predicted molar refractivity (Wildman–Crippen MR) is 116 cm³/mol. The van der Waals surface area contributed by atoms with E-state index in [1.54, 1.807) is 36.4 Å². The number of anilines is 3. The van der Waals surface area contributed by atoms with Crippen LogP contribution in [0.3, 0.4) is 0 Å². The summed E-state index contributed by atoms with van der Waals surface area (Å²) >= 11 is 0. The van der Waals surface area contributed by atoms with Crippen molar-refractivity contribution in [2.24, 2.45) is 0 Å². The lowest BCUT2D eigenvalue weighted by molar-refractivity contribution is 0.311. The van der Waals surface area contributed by atoms with Gasteiger partial charge in [0.15, 0.2) is 0 Å². The summed E-state index contributed by atoms with van der Waals surface area (Å²) in [6.07, 6.45) is 1.00. The molecule has 3 aromatic carbocycles. The average molecular weight is 448 g/mol. The molecular weight excluding hydrogens is 426 g/mol. The molecule has 9 heteroatoms. The van der Waals surface area contributed by atoms with Crippen LogP contribution < -0.4 is 4.90 Å². The molecule has 0 atom stereocenters. The summed E-state index contributed by atoms with van der Waals surface area (Å²) < 4.78 is 58.4. The Morgan fingerprint density at radius 1 is 0.733 bits per heavy atom. The number of hydrogen-bond acceptors (Lipinski definition) is 6. The van der Waals surface area contributed by atoms with Crippen LogP contribution in [0.5, 0.6) is 0 Å². The van der Waals surface area contributed by atoms with Gasteiger partial charge in [0.05, 0.1) is 12.9 Å². The first-order valence-corrected chi connectivity index (χ1v) is 12.4. The van der Waals surface area contributed by atoms with E-state index in [2.05, 4.69) is 0 Å². The number of hydrogen-bond donors (Lipinski definition) is 1. The normalized spacial score (nSPS) is 11.9. The molecule has 0 aliphatic heterocycles. The summed E-state index contributed by atoms with van der Waals surface area (Å²) in [7, 11) is -7.63. The van der Waals surface area contributed by atoms with Gasteiger partial charge in [-0.05, 0) is 47.5 Å². The van der Waals surface area contributed by atoms with Crippen LogP contribution in [0, 0.1) is 0 Å². The number of benzene rings is 3. The second-order valence-electron chi connectivity index (χ2n) is 6.70. The highest BCUT2D eigenvalue weighted by atomic mass is 32.2. The van der Waals surface area contributed by atoms with Gasteiger partial charge in [-0.2, -0.15) is 16.8 Å². The molecule has 0 amide bonds. The molecule has 1 N–H and O–H groups in total. The molecule has 0 aliphatic carbocycles. The van der Waals surface area contributed by atoms with Crippen molar-refractivity contribution in [3.63, 3.8) is 0 Å². The molecule has 0 saturated heterocycles. The van der Waals surface area contributed by atoms with Crippen LogP contribution in [0.25, 0.3) is 0 Å². The monoisotopic (exact) mass is 447 g/mol. The van der Waals surface area contributed by atoms with Crippen molar-refractivity contribution in [2.75, 3.05) is 11.2 Å². The summed E-state index contributed by atoms with van der Waals surface area (Å²) in [6.45, 7) is -0.0468. The maximum absolute atomic E-state index is 11.2. The van der Waals surface area contributed by atoms with Gasteiger partial charge in [-0.15, -0.1) is 0 Å². The zero-order valence-corrected chi connectivity index (χ0v) is 17.8. The van der Waals surface area contributed by atoms with Gasteiger partial charge in [-0.25, -0.2) is 0 Å². The van der Waals surface area contributed by atoms with Crippen LogP contribution in [0.2, 0.25) is 0 Å². The van der Waals surface area contributed by atoms with E-state index in [0.717, 1.165) is 23.3 Å². The molecule has 0 aromatic heterocycles. The molecule has 0 unspecified atom stereocenters. The molecule has 0 aliphatic rings. The molecule has 0 radical (unpaired) electrons. The molecule has 0 spiro atoms. The second-order valence-corrected chi connectivity index (χ2v) is 9.79. The minimum Gasteiger partial charge on any atom is -0.311 e. The summed E-state index contributed by atoms with van der Waals surface area (Å²) in [5, 5.41) is 0. The molecule has 0 heterocycles. The third-order valence-corrected chi connectivity index (χ3v) is 5.44. The third-order valence-electron chi connectivity index (χ3n) is 4.19. The Morgan fingerprint density at radius 2 is 1.20 bits per heavy atom. The summed E-state index contributed by atoms with van der Waals surface area (Å²) in [5.74, 6) is -0.451. The summed E-state index contributed by atoms with van der Waals surface area (Å²) in [6, 6.07) is 23.7. The Labute approximate surface area is 176 Å². The zero-order chi connectivity index (χ0) is 21.8. The van der Waals surface area contributed by atoms with Gasteiger partial charge in [0.25, 0.3) is 20.2 Å². The van der Waals surface area contributed by atoms with E-state index < -0.39 is 26.0 Å². The SMILES string of the molecule is CS(=O)(=O)OCc1ccc(N(c2ccccc2)c2ccc(CS(=O)(=O)O)cc2)cc1. The van der Waals surface area contributed by atoms with E-state index in [-0.39, 0.29) is 6.61 Å². The van der Waals surface area contributed by atoms with Gasteiger partial charge in [0.1, 0.15) is 5.75 Å². The van der Waals surface area contributed by atoms with E-state index in [9.17, 15) is 16.8 Å². The van der Waals surface area contributed by atoms with E-state index >= 15 is 0 Å². The minimum atomic E-state index is -4.10. The fraction of sp³-hybridized carbons (Fsp3) is 0.143. The molecule has 3 rings (SSSR count). The quantitative estimate of drug-likeness (QED) is 0.411. The van der Waals surface area contributed by atoms with E-state index in [1.807, 2.05) is 47.4 Å². The summed E-state index contributed by atoms with van der Waals surface area (Å²) in [5.41, 5.74) is 3.69. The van der Waals surface area contributed by atoms with E-state index in [4.69, 9.17) is 8.74 Å². The Balaban J connectivity index is 1.92. The van der Waals surface area contributed by atoms with Gasteiger partial charge < -0.3 is 4.90 Å². The Morgan fingerprint density at radius 3 is 1.67 bits per heavy atom. The van der Waals surface area contributed by atoms with Gasteiger partial charge in [-0.1, -0.05) is 42.5 Å². The smallest absolute Gasteiger partial charge is 0.269 e. The lowest BCUT2D eigenvalue weighted by Crippen LogP contribution is -2.10. The van der Waals surface area contributed by atoms with Gasteiger partial charge in [0, 0.05) is 17.1 Å². The predicted octanol–water partition coefficient (Wildman–Crippen LogP) is 4.02. The van der Waals surface area contributed by atoms with Crippen LogP contribution in [0.15, 0.2) is 78.9 Å². The zero-order valence-electron chi connectivity index (χ0n) is 16.2. The Bertz CT molecular complexity index is 1190. The van der Waals surface area contributed by atoms with E-state index in [1.165, 1.54) is 0 Å². The van der Waals surface area contributed by atoms with Crippen LogP contribution in [0.4, 0.5) is 17.1 Å². The first kappa shape index (κ1) is 22.0. The fourth-order valence-corrected chi connectivity index (χ4v) is 3.86. The maximum atomic E-state index is 11.2. The Hall–Kier alpha value is -2.72. The standard InChI is InChI=1S/C21H21NO6S2/c1-29(23,24)28-15-17-7-11-20(12-8-17)22(19-5-3-2-4-6-19)21-13-9-18(10-14-21)16-30(25,26)27/h2-14H,15-16H2,1H3,(H,25,26,27). The van der Waals surface area contributed by atoms with Crippen molar-refractivity contribution in [2.45, 2.75) is 12.4 Å². The minimum absolute atomic E-state index is 0.0468. The van der Waals surface area contributed by atoms with Gasteiger partial charge in [0.2, 0.25) is 0 Å². The number of rotatable bonds is 8. The van der Waals surface area contributed by atoms with Crippen LogP contribution in [-0.4, -0.2) is 27.6 Å². The highest BCUT2D eigenvalue weighted by Crippen LogP contribution is 2.34. The van der Waals surface area contributed by atoms with Crippen LogP contribution >= 0.6 is 0 Å². The second kappa shape index (κ2) is 8.97. The van der Waals surface area contributed by atoms with Crippen LogP contribution in [-0.2, 0) is 36.8 Å². The third kappa shape index (κ3) is 6.39. The van der Waals surface area contributed by atoms with Crippen molar-refractivity contribution in [3.05, 3.63) is 90.0 Å². The van der Waals surface area contributed by atoms with Gasteiger partial charge >= 0.3 is 0 Å². The molecular formula is C21H21NO6S2. The van der Waals surface area contributed by atoms with Crippen molar-refractivity contribution in [3.8, 4) is 0 Å². The average Bonchev–Trinajstić information content (AvgIpc) is 2.68. The molecule has 0 fully saturated rings. The van der Waals surface area contributed by atoms with Crippen molar-refractivity contribution in [1.82, 2.24) is 0 Å². The highest BCUT2D eigenvalue weighted by molar-refractivity contribution is 7.86. The first-order chi connectivity index (χ1) is 14.1. The van der Waals surface area contributed by atoms with Crippen LogP contribution in [0.1, 0.15) is 11.1 Å². The first-order valence-electron chi connectivity index (χ1n) is 8.93. The van der Waals surface area contributed by atoms with Crippen molar-refractivity contribution >= 4 is 37.3 Å². The summed E-state index contributed by atoms with van der Waals surface area (Å²) in [4.78, 5) is 1.97. The molecule has 30 heavy (non-hydrogen) atoms. The molecule has 0 saturated carbocycles.